The summed E-state index contributed by atoms with van der Waals surface area (Å²) in [4.78, 5) is 0. The highest BCUT2D eigenvalue weighted by Crippen LogP contribution is 2.28. The van der Waals surface area contributed by atoms with Gasteiger partial charge in [-0.05, 0) is 19.9 Å². The van der Waals surface area contributed by atoms with Crippen LogP contribution in [-0.4, -0.2) is 20.9 Å². The van der Waals surface area contributed by atoms with Gasteiger partial charge in [-0.15, -0.1) is 0 Å². The minimum Gasteiger partial charge on any atom is -0.390 e. The number of aromatic amines is 1. The number of rotatable bonds is 2. The molecule has 0 bridgehead atoms. The van der Waals surface area contributed by atoms with E-state index in [1.807, 2.05) is 0 Å². The monoisotopic (exact) mass is 208 g/mol. The molecule has 0 amide bonds. The molecule has 1 heterocycles. The van der Waals surface area contributed by atoms with Gasteiger partial charge in [-0.2, -0.15) is 18.3 Å². The first-order valence-corrected chi connectivity index (χ1v) is 4.02. The minimum absolute atomic E-state index is 0.107. The fraction of sp³-hybridized carbons (Fsp3) is 0.625. The van der Waals surface area contributed by atoms with Crippen LogP contribution in [0.15, 0.2) is 6.07 Å². The van der Waals surface area contributed by atoms with Gasteiger partial charge in [-0.1, -0.05) is 0 Å². The van der Waals surface area contributed by atoms with E-state index in [1.54, 1.807) is 0 Å². The van der Waals surface area contributed by atoms with Gasteiger partial charge in [0, 0.05) is 12.1 Å². The molecule has 0 spiro atoms. The Balaban J connectivity index is 2.79. The predicted molar refractivity (Wildman–Crippen MR) is 43.6 cm³/mol. The second-order valence-electron chi connectivity index (χ2n) is 3.77. The van der Waals surface area contributed by atoms with Crippen molar-refractivity contribution in [3.63, 3.8) is 0 Å². The number of hydrogen-bond acceptors (Lipinski definition) is 2. The quantitative estimate of drug-likeness (QED) is 0.777. The van der Waals surface area contributed by atoms with Gasteiger partial charge in [-0.3, -0.25) is 5.10 Å². The summed E-state index contributed by atoms with van der Waals surface area (Å²) in [6, 6.07) is 0.901. The maximum absolute atomic E-state index is 12.1. The van der Waals surface area contributed by atoms with Crippen LogP contribution in [0, 0.1) is 0 Å². The van der Waals surface area contributed by atoms with Gasteiger partial charge in [0.05, 0.1) is 5.60 Å². The lowest BCUT2D eigenvalue weighted by atomic mass is 10.0. The summed E-state index contributed by atoms with van der Waals surface area (Å²) in [6.45, 7) is 3.03. The molecular formula is C8H11F3N2O. The third-order valence-corrected chi connectivity index (χ3v) is 1.54. The van der Waals surface area contributed by atoms with Crippen molar-refractivity contribution in [1.29, 1.82) is 0 Å². The largest absolute Gasteiger partial charge is 0.435 e. The second kappa shape index (κ2) is 3.27. The molecule has 0 radical (unpaired) electrons. The zero-order chi connectivity index (χ0) is 11.0. The highest BCUT2D eigenvalue weighted by atomic mass is 19.4. The van der Waals surface area contributed by atoms with Gasteiger partial charge in [0.15, 0.2) is 5.69 Å². The van der Waals surface area contributed by atoms with Crippen molar-refractivity contribution >= 4 is 0 Å². The summed E-state index contributed by atoms with van der Waals surface area (Å²) in [5.41, 5.74) is -1.74. The first kappa shape index (κ1) is 11.0. The normalized spacial score (nSPS) is 13.3. The molecule has 14 heavy (non-hydrogen) atoms. The Hall–Kier alpha value is -1.04. The molecule has 2 N–H and O–H groups in total. The van der Waals surface area contributed by atoms with E-state index in [0.717, 1.165) is 6.07 Å². The first-order valence-electron chi connectivity index (χ1n) is 4.02. The van der Waals surface area contributed by atoms with Crippen molar-refractivity contribution in [2.75, 3.05) is 0 Å². The SMILES string of the molecule is CC(C)(O)Cc1cc(C(F)(F)F)n[nH]1. The van der Waals surface area contributed by atoms with E-state index >= 15 is 0 Å². The van der Waals surface area contributed by atoms with Crippen molar-refractivity contribution in [2.45, 2.75) is 32.0 Å². The summed E-state index contributed by atoms with van der Waals surface area (Å²) in [5, 5.41) is 14.7. The maximum atomic E-state index is 12.1. The van der Waals surface area contributed by atoms with E-state index < -0.39 is 17.5 Å². The number of alkyl halides is 3. The molecule has 0 aromatic carbocycles. The molecular weight excluding hydrogens is 197 g/mol. The second-order valence-corrected chi connectivity index (χ2v) is 3.77. The molecule has 1 aromatic heterocycles. The van der Waals surface area contributed by atoms with E-state index in [-0.39, 0.29) is 12.1 Å². The molecule has 80 valence electrons. The number of nitrogens with one attached hydrogen (secondary N) is 1. The third-order valence-electron chi connectivity index (χ3n) is 1.54. The minimum atomic E-state index is -4.44. The van der Waals surface area contributed by atoms with Crippen molar-refractivity contribution in [2.24, 2.45) is 0 Å². The van der Waals surface area contributed by atoms with E-state index in [2.05, 4.69) is 10.2 Å². The van der Waals surface area contributed by atoms with Crippen molar-refractivity contribution < 1.29 is 18.3 Å². The Labute approximate surface area is 78.9 Å². The van der Waals surface area contributed by atoms with E-state index in [4.69, 9.17) is 0 Å². The molecule has 1 aromatic rings. The number of hydrogen-bond donors (Lipinski definition) is 2. The van der Waals surface area contributed by atoms with Crippen LogP contribution in [0.25, 0.3) is 0 Å². The van der Waals surface area contributed by atoms with Gasteiger partial charge in [0.2, 0.25) is 0 Å². The van der Waals surface area contributed by atoms with Crippen LogP contribution >= 0.6 is 0 Å². The summed E-state index contributed by atoms with van der Waals surface area (Å²) < 4.78 is 36.3. The van der Waals surface area contributed by atoms with Crippen LogP contribution in [0.5, 0.6) is 0 Å². The number of aliphatic hydroxyl groups is 1. The molecule has 0 saturated carbocycles. The highest BCUT2D eigenvalue weighted by Gasteiger charge is 2.34. The summed E-state index contributed by atoms with van der Waals surface area (Å²) in [6.07, 6.45) is -4.33. The molecule has 0 fully saturated rings. The number of halogens is 3. The Morgan fingerprint density at radius 1 is 1.43 bits per heavy atom. The molecule has 0 saturated heterocycles. The molecule has 1 rings (SSSR count). The van der Waals surface area contributed by atoms with Gasteiger partial charge in [-0.25, -0.2) is 0 Å². The van der Waals surface area contributed by atoms with Gasteiger partial charge >= 0.3 is 6.18 Å². The molecule has 0 aliphatic rings. The first-order chi connectivity index (χ1) is 6.18. The fourth-order valence-electron chi connectivity index (χ4n) is 1.06. The van der Waals surface area contributed by atoms with Crippen molar-refractivity contribution in [1.82, 2.24) is 10.2 Å². The van der Waals surface area contributed by atoms with E-state index in [0.29, 0.717) is 0 Å². The summed E-state index contributed by atoms with van der Waals surface area (Å²) in [7, 11) is 0. The average molecular weight is 208 g/mol. The topological polar surface area (TPSA) is 48.9 Å². The summed E-state index contributed by atoms with van der Waals surface area (Å²) >= 11 is 0. The third kappa shape index (κ3) is 3.02. The predicted octanol–water partition coefficient (Wildman–Crippen LogP) is 1.74. The van der Waals surface area contributed by atoms with E-state index in [9.17, 15) is 18.3 Å². The van der Waals surface area contributed by atoms with Gasteiger partial charge in [0.1, 0.15) is 0 Å². The Bertz CT molecular complexity index is 311. The lowest BCUT2D eigenvalue weighted by Gasteiger charge is -2.14. The smallest absolute Gasteiger partial charge is 0.390 e. The lowest BCUT2D eigenvalue weighted by Crippen LogP contribution is -2.22. The molecule has 6 heteroatoms. The zero-order valence-corrected chi connectivity index (χ0v) is 7.81. The lowest BCUT2D eigenvalue weighted by molar-refractivity contribution is -0.141. The molecule has 3 nitrogen and oxygen atoms in total. The van der Waals surface area contributed by atoms with Crippen LogP contribution in [-0.2, 0) is 12.6 Å². The zero-order valence-electron chi connectivity index (χ0n) is 7.81. The van der Waals surface area contributed by atoms with Gasteiger partial charge in [0.25, 0.3) is 0 Å². The Kier molecular flexibility index (Phi) is 2.58. The number of aromatic nitrogens is 2. The highest BCUT2D eigenvalue weighted by molar-refractivity contribution is 5.13. The molecule has 0 unspecified atom stereocenters. The Morgan fingerprint density at radius 3 is 2.36 bits per heavy atom. The van der Waals surface area contributed by atoms with E-state index in [1.165, 1.54) is 13.8 Å². The van der Waals surface area contributed by atoms with Crippen molar-refractivity contribution in [3.05, 3.63) is 17.5 Å². The molecule has 0 aliphatic heterocycles. The molecule has 0 atom stereocenters. The van der Waals surface area contributed by atoms with Crippen LogP contribution in [0.3, 0.4) is 0 Å². The van der Waals surface area contributed by atoms with Crippen molar-refractivity contribution in [3.8, 4) is 0 Å². The van der Waals surface area contributed by atoms with Crippen LogP contribution in [0.4, 0.5) is 13.2 Å². The Morgan fingerprint density at radius 2 is 2.00 bits per heavy atom. The summed E-state index contributed by atoms with van der Waals surface area (Å²) in [5.74, 6) is 0. The standard InChI is InChI=1S/C8H11F3N2O/c1-7(2,14)4-5-3-6(13-12-5)8(9,10)11/h3,14H,4H2,1-2H3,(H,12,13). The maximum Gasteiger partial charge on any atom is 0.435 e. The fourth-order valence-corrected chi connectivity index (χ4v) is 1.06. The van der Waals surface area contributed by atoms with Crippen LogP contribution in [0.2, 0.25) is 0 Å². The van der Waals surface area contributed by atoms with Gasteiger partial charge < -0.3 is 5.11 Å². The molecule has 0 aliphatic carbocycles. The number of nitrogens with zero attached hydrogens (tertiary/aromatic N) is 1. The number of H-pyrrole nitrogens is 1. The van der Waals surface area contributed by atoms with Crippen LogP contribution in [0.1, 0.15) is 25.2 Å². The average Bonchev–Trinajstić information content (AvgIpc) is 2.29. The van der Waals surface area contributed by atoms with Crippen LogP contribution < -0.4 is 0 Å².